The maximum absolute atomic E-state index is 12.2. The summed E-state index contributed by atoms with van der Waals surface area (Å²) in [5.41, 5.74) is 8.31. The largest absolute Gasteiger partial charge is 0.446 e. The van der Waals surface area contributed by atoms with E-state index < -0.39 is 18.8 Å². The number of nitrogens with zero attached hydrogens (tertiary/aromatic N) is 2. The minimum absolute atomic E-state index is 0.108. The van der Waals surface area contributed by atoms with E-state index in [-0.39, 0.29) is 19.6 Å². The summed E-state index contributed by atoms with van der Waals surface area (Å²) in [5, 5.41) is 0. The summed E-state index contributed by atoms with van der Waals surface area (Å²) < 4.78 is 22.1. The Labute approximate surface area is 101 Å². The van der Waals surface area contributed by atoms with Crippen LogP contribution in [-0.4, -0.2) is 29.2 Å². The van der Waals surface area contributed by atoms with Crippen LogP contribution in [-0.2, 0) is 18.4 Å². The van der Waals surface area contributed by atoms with Gasteiger partial charge in [0.2, 0.25) is 0 Å². The van der Waals surface area contributed by atoms with Gasteiger partial charge in [-0.05, 0) is 20.3 Å². The molecule has 0 amide bonds. The van der Waals surface area contributed by atoms with Crippen molar-refractivity contribution in [2.24, 2.45) is 0 Å². The molecule has 0 atom stereocenters. The maximum Gasteiger partial charge on any atom is 0.446 e. The van der Waals surface area contributed by atoms with Gasteiger partial charge in [-0.15, -0.1) is 0 Å². The van der Waals surface area contributed by atoms with E-state index in [1.165, 1.54) is 0 Å². The highest BCUT2D eigenvalue weighted by molar-refractivity contribution is 7.74. The Hall–Kier alpha value is -0.800. The van der Waals surface area contributed by atoms with Crippen LogP contribution in [0.1, 0.15) is 40.0 Å². The first kappa shape index (κ1) is 16.2. The van der Waals surface area contributed by atoms with Gasteiger partial charge in [0, 0.05) is 6.42 Å². The maximum atomic E-state index is 12.2. The molecule has 0 fully saturated rings. The van der Waals surface area contributed by atoms with Crippen LogP contribution in [0.4, 0.5) is 0 Å². The van der Waals surface area contributed by atoms with Gasteiger partial charge in [0.1, 0.15) is 0 Å². The Morgan fingerprint density at radius 3 is 2.12 bits per heavy atom. The number of Topliss-reactive ketones (excluding diaryl/α,β-unsaturated/α-hetero) is 1. The summed E-state index contributed by atoms with van der Waals surface area (Å²) in [7, 11) is -3.78. The van der Waals surface area contributed by atoms with Gasteiger partial charge in [-0.2, -0.15) is 4.79 Å². The van der Waals surface area contributed by atoms with Gasteiger partial charge in [-0.3, -0.25) is 4.79 Å². The number of hydrogen-bond acceptors (Lipinski definition) is 4. The molecule has 0 rings (SSSR count). The van der Waals surface area contributed by atoms with Crippen LogP contribution >= 0.6 is 7.60 Å². The van der Waals surface area contributed by atoms with Crippen molar-refractivity contribution < 1.29 is 23.2 Å². The van der Waals surface area contributed by atoms with E-state index in [4.69, 9.17) is 14.6 Å². The van der Waals surface area contributed by atoms with Crippen molar-refractivity contribution in [1.82, 2.24) is 0 Å². The zero-order valence-electron chi connectivity index (χ0n) is 10.5. The lowest BCUT2D eigenvalue weighted by molar-refractivity contribution is -0.116. The lowest BCUT2D eigenvalue weighted by Gasteiger charge is -2.11. The Morgan fingerprint density at radius 1 is 1.24 bits per heavy atom. The molecule has 0 aliphatic heterocycles. The van der Waals surface area contributed by atoms with Crippen molar-refractivity contribution in [3.05, 3.63) is 5.53 Å². The topological polar surface area (TPSA) is 89.0 Å². The minimum atomic E-state index is -3.78. The molecule has 0 radical (unpaired) electrons. The van der Waals surface area contributed by atoms with Crippen molar-refractivity contribution >= 4 is 18.8 Å². The second-order valence-electron chi connectivity index (χ2n) is 3.28. The Balaban J connectivity index is 4.99. The van der Waals surface area contributed by atoms with E-state index in [2.05, 4.69) is 4.79 Å². The van der Waals surface area contributed by atoms with Crippen molar-refractivity contribution in [3.63, 3.8) is 0 Å². The highest BCUT2D eigenvalue weighted by Gasteiger charge is 2.44. The molecular formula is C10H19N2O4P. The van der Waals surface area contributed by atoms with E-state index in [1.54, 1.807) is 13.8 Å². The number of rotatable bonds is 9. The summed E-state index contributed by atoms with van der Waals surface area (Å²) in [6, 6.07) is 0. The first-order chi connectivity index (χ1) is 8.05. The molecule has 7 heteroatoms. The monoisotopic (exact) mass is 262 g/mol. The lowest BCUT2D eigenvalue weighted by Crippen LogP contribution is -2.18. The van der Waals surface area contributed by atoms with Crippen LogP contribution in [0.3, 0.4) is 0 Å². The molecule has 17 heavy (non-hydrogen) atoms. The van der Waals surface area contributed by atoms with Gasteiger partial charge < -0.3 is 14.6 Å². The molecule has 0 saturated carbocycles. The third-order valence-corrected chi connectivity index (χ3v) is 4.01. The number of carbonyl (C=O) groups excluding carboxylic acids is 1. The molecule has 0 aromatic carbocycles. The molecule has 0 aromatic rings. The summed E-state index contributed by atoms with van der Waals surface area (Å²) in [5.74, 6) is -0.500. The van der Waals surface area contributed by atoms with Crippen LogP contribution < -0.4 is 0 Å². The molecule has 0 spiro atoms. The molecule has 0 unspecified atom stereocenters. The Kier molecular flexibility index (Phi) is 7.92. The average Bonchev–Trinajstić information content (AvgIpc) is 2.27. The average molecular weight is 262 g/mol. The predicted molar refractivity (Wildman–Crippen MR) is 64.0 cm³/mol. The highest BCUT2D eigenvalue weighted by atomic mass is 31.2. The number of unbranched alkanes of at least 4 members (excludes halogenated alkanes) is 1. The third-order valence-electron chi connectivity index (χ3n) is 1.96. The smallest absolute Gasteiger partial charge is 0.360 e. The molecule has 0 N–H and O–H groups in total. The molecular weight excluding hydrogens is 243 g/mol. The predicted octanol–water partition coefficient (Wildman–Crippen LogP) is 2.64. The first-order valence-electron chi connectivity index (χ1n) is 5.70. The molecule has 0 heterocycles. The van der Waals surface area contributed by atoms with Crippen molar-refractivity contribution in [1.29, 1.82) is 0 Å². The van der Waals surface area contributed by atoms with E-state index in [9.17, 15) is 9.36 Å². The van der Waals surface area contributed by atoms with Gasteiger partial charge in [0.05, 0.1) is 13.2 Å². The summed E-state index contributed by atoms with van der Waals surface area (Å²) in [6.45, 7) is 5.39. The Morgan fingerprint density at radius 2 is 1.76 bits per heavy atom. The van der Waals surface area contributed by atoms with Gasteiger partial charge in [0.25, 0.3) is 5.78 Å². The number of ketones is 1. The summed E-state index contributed by atoms with van der Waals surface area (Å²) >= 11 is 0. The van der Waals surface area contributed by atoms with E-state index in [0.717, 1.165) is 6.42 Å². The van der Waals surface area contributed by atoms with Crippen molar-refractivity contribution in [2.45, 2.75) is 40.0 Å². The highest BCUT2D eigenvalue weighted by Crippen LogP contribution is 2.49. The molecule has 98 valence electrons. The van der Waals surface area contributed by atoms with Crippen LogP contribution in [0.15, 0.2) is 0 Å². The Bertz CT molecular complexity index is 340. The number of carbonyl (C=O) groups is 1. The zero-order valence-corrected chi connectivity index (χ0v) is 11.4. The van der Waals surface area contributed by atoms with Crippen molar-refractivity contribution in [3.8, 4) is 0 Å². The molecule has 0 aliphatic carbocycles. The number of hydrogen-bond donors (Lipinski definition) is 0. The fraction of sp³-hybridized carbons (Fsp3) is 0.800. The fourth-order valence-corrected chi connectivity index (χ4v) is 2.74. The second-order valence-corrected chi connectivity index (χ2v) is 5.22. The molecule has 0 aliphatic rings. The second kappa shape index (κ2) is 8.31. The lowest BCUT2D eigenvalue weighted by atomic mass is 10.2. The molecule has 0 aromatic heterocycles. The standard InChI is InChI=1S/C10H19N2O4P/c1-4-7-8-9(13)10(12-11)17(14,15-5-2)16-6-3/h4-8H2,1-3H3. The molecule has 6 nitrogen and oxygen atoms in total. The van der Waals surface area contributed by atoms with E-state index >= 15 is 0 Å². The third kappa shape index (κ3) is 4.92. The normalized spacial score (nSPS) is 11.0. The first-order valence-corrected chi connectivity index (χ1v) is 7.24. The fourth-order valence-electron chi connectivity index (χ4n) is 1.21. The minimum Gasteiger partial charge on any atom is -0.360 e. The van der Waals surface area contributed by atoms with Crippen LogP contribution in [0.2, 0.25) is 0 Å². The zero-order chi connectivity index (χ0) is 13.3. The van der Waals surface area contributed by atoms with Crippen LogP contribution in [0.25, 0.3) is 5.53 Å². The molecule has 0 bridgehead atoms. The van der Waals surface area contributed by atoms with Crippen molar-refractivity contribution in [2.75, 3.05) is 13.2 Å². The van der Waals surface area contributed by atoms with E-state index in [0.29, 0.717) is 6.42 Å². The van der Waals surface area contributed by atoms with Gasteiger partial charge in [0.15, 0.2) is 0 Å². The SMILES string of the molecule is CCCCC(=O)C(=[N+]=[N-])P(=O)(OCC)OCC. The summed E-state index contributed by atoms with van der Waals surface area (Å²) in [4.78, 5) is 14.5. The summed E-state index contributed by atoms with van der Waals surface area (Å²) in [6.07, 6.45) is 1.62. The van der Waals surface area contributed by atoms with E-state index in [1.807, 2.05) is 6.92 Å². The van der Waals surface area contributed by atoms with Gasteiger partial charge in [-0.1, -0.05) is 13.3 Å². The van der Waals surface area contributed by atoms with Crippen LogP contribution in [0, 0.1) is 0 Å². The van der Waals surface area contributed by atoms with Crippen LogP contribution in [0.5, 0.6) is 0 Å². The van der Waals surface area contributed by atoms with Gasteiger partial charge >= 0.3 is 13.0 Å². The molecule has 0 saturated heterocycles. The van der Waals surface area contributed by atoms with Gasteiger partial charge in [-0.25, -0.2) is 4.57 Å². The quantitative estimate of drug-likeness (QED) is 0.276.